The zero-order chi connectivity index (χ0) is 15.5. The van der Waals surface area contributed by atoms with Crippen LogP contribution in [0.1, 0.15) is 10.4 Å². The summed E-state index contributed by atoms with van der Waals surface area (Å²) < 4.78 is 26.6. The lowest BCUT2D eigenvalue weighted by Gasteiger charge is -2.31. The summed E-state index contributed by atoms with van der Waals surface area (Å²) in [7, 11) is -0.290. The number of nitrogens with one attached hydrogen (secondary N) is 1. The molecule has 0 saturated carbocycles. The molecular weight excluding hydrogens is 294 g/mol. The minimum atomic E-state index is -3.57. The molecule has 0 aromatic heterocycles. The summed E-state index contributed by atoms with van der Waals surface area (Å²) in [6.07, 6.45) is 0. The topological polar surface area (TPSA) is 78.9 Å². The lowest BCUT2D eigenvalue weighted by atomic mass is 10.2. The lowest BCUT2D eigenvalue weighted by molar-refractivity contribution is 0.0537. The summed E-state index contributed by atoms with van der Waals surface area (Å²) in [6, 6.07) is 5.95. The maximum absolute atomic E-state index is 12.6. The van der Waals surface area contributed by atoms with E-state index < -0.39 is 15.9 Å². The summed E-state index contributed by atoms with van der Waals surface area (Å²) >= 11 is 0. The minimum absolute atomic E-state index is 0.121. The van der Waals surface area contributed by atoms with Gasteiger partial charge in [-0.2, -0.15) is 4.31 Å². The van der Waals surface area contributed by atoms with Crippen molar-refractivity contribution in [3.05, 3.63) is 29.8 Å². The van der Waals surface area contributed by atoms with E-state index in [9.17, 15) is 13.2 Å². The average Bonchev–Trinajstić information content (AvgIpc) is 2.48. The number of nitrogens with zero attached hydrogens (tertiary/aromatic N) is 2. The Balaban J connectivity index is 2.24. The van der Waals surface area contributed by atoms with Crippen LogP contribution in [0.2, 0.25) is 0 Å². The van der Waals surface area contributed by atoms with Crippen LogP contribution >= 0.6 is 0 Å². The molecule has 0 bridgehead atoms. The highest BCUT2D eigenvalue weighted by Gasteiger charge is 2.27. The molecule has 0 unspecified atom stereocenters. The third-order valence-electron chi connectivity index (χ3n) is 3.39. The smallest absolute Gasteiger partial charge is 0.274 e. The van der Waals surface area contributed by atoms with E-state index in [4.69, 9.17) is 0 Å². The molecule has 8 heteroatoms. The number of sulfonamides is 1. The number of amides is 1. The minimum Gasteiger partial charge on any atom is -0.304 e. The van der Waals surface area contributed by atoms with Gasteiger partial charge in [0.1, 0.15) is 0 Å². The molecule has 0 radical (unpaired) electrons. The van der Waals surface area contributed by atoms with Crippen molar-refractivity contribution in [2.75, 3.05) is 40.3 Å². The van der Waals surface area contributed by atoms with Gasteiger partial charge in [-0.05, 0) is 25.2 Å². The van der Waals surface area contributed by atoms with E-state index >= 15 is 0 Å². The Bertz CT molecular complexity index is 610. The van der Waals surface area contributed by atoms with Crippen LogP contribution in [0.25, 0.3) is 0 Å². The molecule has 2 rings (SSSR count). The second-order valence-electron chi connectivity index (χ2n) is 4.87. The first kappa shape index (κ1) is 15.9. The third kappa shape index (κ3) is 3.59. The van der Waals surface area contributed by atoms with Gasteiger partial charge in [0.2, 0.25) is 10.0 Å². The van der Waals surface area contributed by atoms with Crippen molar-refractivity contribution in [1.29, 1.82) is 0 Å². The lowest BCUT2D eigenvalue weighted by Crippen LogP contribution is -2.47. The van der Waals surface area contributed by atoms with Crippen molar-refractivity contribution < 1.29 is 18.0 Å². The summed E-state index contributed by atoms with van der Waals surface area (Å²) in [5.41, 5.74) is 2.41. The van der Waals surface area contributed by atoms with Crippen LogP contribution in [-0.4, -0.2) is 63.9 Å². The van der Waals surface area contributed by atoms with Gasteiger partial charge in [-0.1, -0.05) is 6.07 Å². The van der Waals surface area contributed by atoms with E-state index in [1.165, 1.54) is 29.6 Å². The number of likely N-dealkylation sites (N-methyl/N-ethyl adjacent to an activating group) is 1. The predicted octanol–water partition coefficient (Wildman–Crippen LogP) is -0.0861. The van der Waals surface area contributed by atoms with Gasteiger partial charge < -0.3 is 4.90 Å². The Morgan fingerprint density at radius 1 is 1.24 bits per heavy atom. The fourth-order valence-electron chi connectivity index (χ4n) is 2.13. The quantitative estimate of drug-likeness (QED) is 0.786. The molecule has 116 valence electrons. The van der Waals surface area contributed by atoms with E-state index in [1.807, 2.05) is 7.05 Å². The van der Waals surface area contributed by atoms with E-state index in [0.717, 1.165) is 0 Å². The van der Waals surface area contributed by atoms with Gasteiger partial charge in [-0.25, -0.2) is 13.9 Å². The fraction of sp³-hybridized carbons (Fsp3) is 0.462. The Morgan fingerprint density at radius 3 is 2.52 bits per heavy atom. The Labute approximate surface area is 124 Å². The molecule has 1 fully saturated rings. The monoisotopic (exact) mass is 313 g/mol. The first-order valence-corrected chi connectivity index (χ1v) is 8.01. The van der Waals surface area contributed by atoms with Crippen molar-refractivity contribution in [2.45, 2.75) is 4.90 Å². The molecule has 1 aliphatic heterocycles. The van der Waals surface area contributed by atoms with E-state index in [2.05, 4.69) is 15.2 Å². The number of hydrogen-bond donors (Lipinski definition) is 1. The van der Waals surface area contributed by atoms with Crippen LogP contribution in [0.5, 0.6) is 0 Å². The maximum Gasteiger partial charge on any atom is 0.274 e. The van der Waals surface area contributed by atoms with Gasteiger partial charge in [0.05, 0.1) is 12.0 Å². The SMILES string of the molecule is CONC(=O)c1cccc(S(=O)(=O)N2CCN(C)CC2)c1. The first-order chi connectivity index (χ1) is 9.95. The molecule has 0 aliphatic carbocycles. The molecule has 7 nitrogen and oxygen atoms in total. The molecule has 1 aromatic carbocycles. The Morgan fingerprint density at radius 2 is 1.90 bits per heavy atom. The van der Waals surface area contributed by atoms with Crippen molar-refractivity contribution >= 4 is 15.9 Å². The molecule has 1 heterocycles. The summed E-state index contributed by atoms with van der Waals surface area (Å²) in [5, 5.41) is 0. The molecule has 1 saturated heterocycles. The highest BCUT2D eigenvalue weighted by atomic mass is 32.2. The van der Waals surface area contributed by atoms with Crippen LogP contribution in [0.4, 0.5) is 0 Å². The zero-order valence-electron chi connectivity index (χ0n) is 12.1. The van der Waals surface area contributed by atoms with Gasteiger partial charge in [0, 0.05) is 31.7 Å². The largest absolute Gasteiger partial charge is 0.304 e. The van der Waals surface area contributed by atoms with E-state index in [1.54, 1.807) is 6.07 Å². The highest BCUT2D eigenvalue weighted by molar-refractivity contribution is 7.89. The Hall–Kier alpha value is -1.48. The third-order valence-corrected chi connectivity index (χ3v) is 5.29. The van der Waals surface area contributed by atoms with Gasteiger partial charge in [-0.3, -0.25) is 9.63 Å². The molecule has 1 amide bonds. The van der Waals surface area contributed by atoms with E-state index in [0.29, 0.717) is 26.2 Å². The number of hydroxylamine groups is 1. The van der Waals surface area contributed by atoms with Gasteiger partial charge in [-0.15, -0.1) is 0 Å². The van der Waals surface area contributed by atoms with Crippen LogP contribution < -0.4 is 5.48 Å². The summed E-state index contributed by atoms with van der Waals surface area (Å²) in [5.74, 6) is -0.479. The summed E-state index contributed by atoms with van der Waals surface area (Å²) in [4.78, 5) is 18.4. The zero-order valence-corrected chi connectivity index (χ0v) is 12.9. The van der Waals surface area contributed by atoms with Crippen molar-refractivity contribution in [2.24, 2.45) is 0 Å². The molecule has 1 aliphatic rings. The standard InChI is InChI=1S/C13H19N3O4S/c1-15-6-8-16(9-7-15)21(18,19)12-5-3-4-11(10-12)13(17)14-20-2/h3-5,10H,6-9H2,1-2H3,(H,14,17). The molecule has 21 heavy (non-hydrogen) atoms. The number of carbonyl (C=O) groups excluding carboxylic acids is 1. The van der Waals surface area contributed by atoms with Gasteiger partial charge in [0.15, 0.2) is 0 Å². The maximum atomic E-state index is 12.6. The molecule has 0 atom stereocenters. The van der Waals surface area contributed by atoms with Crippen LogP contribution in [0.15, 0.2) is 29.2 Å². The normalized spacial score (nSPS) is 17.6. The number of rotatable bonds is 4. The van der Waals surface area contributed by atoms with Crippen molar-refractivity contribution in [1.82, 2.24) is 14.7 Å². The number of piperazine rings is 1. The van der Waals surface area contributed by atoms with Crippen LogP contribution in [0.3, 0.4) is 0 Å². The first-order valence-electron chi connectivity index (χ1n) is 6.57. The van der Waals surface area contributed by atoms with Gasteiger partial charge in [0.25, 0.3) is 5.91 Å². The summed E-state index contributed by atoms with van der Waals surface area (Å²) in [6.45, 7) is 2.30. The highest BCUT2D eigenvalue weighted by Crippen LogP contribution is 2.18. The fourth-order valence-corrected chi connectivity index (χ4v) is 3.60. The Kier molecular flexibility index (Phi) is 4.94. The number of hydrogen-bond acceptors (Lipinski definition) is 5. The molecule has 1 N–H and O–H groups in total. The van der Waals surface area contributed by atoms with Gasteiger partial charge >= 0.3 is 0 Å². The second kappa shape index (κ2) is 6.52. The predicted molar refractivity (Wildman–Crippen MR) is 77.2 cm³/mol. The molecule has 0 spiro atoms. The van der Waals surface area contributed by atoms with E-state index in [-0.39, 0.29) is 10.5 Å². The molecular formula is C13H19N3O4S. The van der Waals surface area contributed by atoms with Crippen LogP contribution in [-0.2, 0) is 14.9 Å². The molecule has 1 aromatic rings. The number of carbonyl (C=O) groups is 1. The average molecular weight is 313 g/mol. The second-order valence-corrected chi connectivity index (χ2v) is 6.81. The van der Waals surface area contributed by atoms with Crippen LogP contribution in [0, 0.1) is 0 Å². The van der Waals surface area contributed by atoms with Crippen molar-refractivity contribution in [3.63, 3.8) is 0 Å². The van der Waals surface area contributed by atoms with Crippen molar-refractivity contribution in [3.8, 4) is 0 Å². The number of benzene rings is 1.